The van der Waals surface area contributed by atoms with Crippen molar-refractivity contribution in [1.82, 2.24) is 4.57 Å². The smallest absolute Gasteiger partial charge is 0.338 e. The minimum absolute atomic E-state index is 0.249. The fraction of sp³-hybridized carbons (Fsp3) is 0.208. The topological polar surface area (TPSA) is 103 Å². The number of ether oxygens (including phenoxy) is 3. The van der Waals surface area contributed by atoms with Gasteiger partial charge in [-0.3, -0.25) is 9.36 Å². The molecule has 0 atom stereocenters. The zero-order chi connectivity index (χ0) is 22.7. The van der Waals surface area contributed by atoms with E-state index in [2.05, 4.69) is 11.4 Å². The maximum atomic E-state index is 12.6. The molecule has 0 radical (unpaired) electrons. The molecular formula is C24H21N3O5. The van der Waals surface area contributed by atoms with E-state index >= 15 is 0 Å². The first kappa shape index (κ1) is 21.0. The summed E-state index contributed by atoms with van der Waals surface area (Å²) in [6, 6.07) is 16.2. The van der Waals surface area contributed by atoms with Gasteiger partial charge in [0.1, 0.15) is 25.1 Å². The van der Waals surface area contributed by atoms with Crippen LogP contribution >= 0.6 is 0 Å². The van der Waals surface area contributed by atoms with Gasteiger partial charge >= 0.3 is 5.97 Å². The van der Waals surface area contributed by atoms with Gasteiger partial charge in [0.15, 0.2) is 18.1 Å². The zero-order valence-electron chi connectivity index (χ0n) is 17.7. The molecule has 0 unspecified atom stereocenters. The van der Waals surface area contributed by atoms with Crippen LogP contribution in [-0.2, 0) is 9.53 Å². The molecule has 2 heterocycles. The van der Waals surface area contributed by atoms with Gasteiger partial charge in [0.25, 0.3) is 5.91 Å². The number of hydrogen-bond acceptors (Lipinski definition) is 6. The normalized spacial score (nSPS) is 12.0. The van der Waals surface area contributed by atoms with E-state index in [0.717, 1.165) is 16.9 Å². The summed E-state index contributed by atoms with van der Waals surface area (Å²) in [7, 11) is 0. The predicted octanol–water partition coefficient (Wildman–Crippen LogP) is 3.53. The molecule has 0 aliphatic carbocycles. The van der Waals surface area contributed by atoms with Gasteiger partial charge in [-0.2, -0.15) is 5.26 Å². The number of nitrogens with zero attached hydrogens (tertiary/aromatic N) is 2. The van der Waals surface area contributed by atoms with Crippen molar-refractivity contribution in [3.05, 3.63) is 70.9 Å². The van der Waals surface area contributed by atoms with E-state index in [4.69, 9.17) is 14.2 Å². The molecule has 4 rings (SSSR count). The monoisotopic (exact) mass is 431 g/mol. The number of aromatic nitrogens is 1. The van der Waals surface area contributed by atoms with Crippen molar-refractivity contribution in [2.24, 2.45) is 0 Å². The lowest BCUT2D eigenvalue weighted by atomic mass is 10.2. The average Bonchev–Trinajstić information content (AvgIpc) is 3.06. The SMILES string of the molecule is Cc1c(C#N)c(NC(=O)COC(=O)c2ccc3c(c2)OCCO3)n(-c2ccccc2)c1C. The van der Waals surface area contributed by atoms with Crippen LogP contribution in [0.1, 0.15) is 27.2 Å². The molecule has 1 amide bonds. The summed E-state index contributed by atoms with van der Waals surface area (Å²) in [5, 5.41) is 12.4. The molecule has 0 bridgehead atoms. The van der Waals surface area contributed by atoms with Gasteiger partial charge < -0.3 is 19.5 Å². The molecule has 162 valence electrons. The van der Waals surface area contributed by atoms with Gasteiger partial charge in [0.2, 0.25) is 0 Å². The molecule has 0 saturated carbocycles. The minimum Gasteiger partial charge on any atom is -0.486 e. The Morgan fingerprint density at radius 1 is 1.09 bits per heavy atom. The summed E-state index contributed by atoms with van der Waals surface area (Å²) in [5.74, 6) is 0.141. The van der Waals surface area contributed by atoms with Crippen molar-refractivity contribution >= 4 is 17.7 Å². The highest BCUT2D eigenvalue weighted by atomic mass is 16.6. The lowest BCUT2D eigenvalue weighted by Gasteiger charge is -2.18. The van der Waals surface area contributed by atoms with E-state index in [1.54, 1.807) is 16.7 Å². The quantitative estimate of drug-likeness (QED) is 0.620. The highest BCUT2D eigenvalue weighted by molar-refractivity contribution is 5.96. The van der Waals surface area contributed by atoms with Crippen LogP contribution in [0.4, 0.5) is 5.82 Å². The summed E-state index contributed by atoms with van der Waals surface area (Å²) < 4.78 is 17.9. The van der Waals surface area contributed by atoms with E-state index in [1.807, 2.05) is 44.2 Å². The van der Waals surface area contributed by atoms with Crippen LogP contribution in [0.15, 0.2) is 48.5 Å². The lowest BCUT2D eigenvalue weighted by Crippen LogP contribution is -2.23. The molecule has 1 aliphatic rings. The molecule has 1 N–H and O–H groups in total. The van der Waals surface area contributed by atoms with Gasteiger partial charge in [0, 0.05) is 11.4 Å². The number of anilines is 1. The molecule has 32 heavy (non-hydrogen) atoms. The second-order valence-corrected chi connectivity index (χ2v) is 7.20. The molecule has 0 spiro atoms. The van der Waals surface area contributed by atoms with E-state index in [0.29, 0.717) is 36.1 Å². The highest BCUT2D eigenvalue weighted by Crippen LogP contribution is 2.31. The van der Waals surface area contributed by atoms with Crippen molar-refractivity contribution in [3.63, 3.8) is 0 Å². The Balaban J connectivity index is 1.49. The number of carbonyl (C=O) groups is 2. The highest BCUT2D eigenvalue weighted by Gasteiger charge is 2.22. The number of esters is 1. The van der Waals surface area contributed by atoms with Crippen molar-refractivity contribution in [2.75, 3.05) is 25.1 Å². The van der Waals surface area contributed by atoms with Gasteiger partial charge in [-0.25, -0.2) is 4.79 Å². The molecule has 8 nitrogen and oxygen atoms in total. The van der Waals surface area contributed by atoms with Crippen LogP contribution in [0.2, 0.25) is 0 Å². The Morgan fingerprint density at radius 3 is 2.53 bits per heavy atom. The first-order valence-electron chi connectivity index (χ1n) is 10.0. The average molecular weight is 431 g/mol. The molecule has 8 heteroatoms. The van der Waals surface area contributed by atoms with Crippen molar-refractivity contribution in [3.8, 4) is 23.3 Å². The zero-order valence-corrected chi connectivity index (χ0v) is 17.7. The third-order valence-corrected chi connectivity index (χ3v) is 5.21. The van der Waals surface area contributed by atoms with Gasteiger partial charge in [-0.05, 0) is 49.7 Å². The van der Waals surface area contributed by atoms with Crippen LogP contribution in [0.5, 0.6) is 11.5 Å². The lowest BCUT2D eigenvalue weighted by molar-refractivity contribution is -0.119. The molecule has 2 aromatic carbocycles. The second kappa shape index (κ2) is 8.86. The molecule has 1 aliphatic heterocycles. The van der Waals surface area contributed by atoms with Crippen LogP contribution in [0.25, 0.3) is 5.69 Å². The van der Waals surface area contributed by atoms with Crippen LogP contribution in [-0.4, -0.2) is 36.3 Å². The third-order valence-electron chi connectivity index (χ3n) is 5.21. The van der Waals surface area contributed by atoms with Gasteiger partial charge in [0.05, 0.1) is 11.1 Å². The minimum atomic E-state index is -0.663. The maximum absolute atomic E-state index is 12.6. The number of hydrogen-bond donors (Lipinski definition) is 1. The molecule has 0 fully saturated rings. The van der Waals surface area contributed by atoms with E-state index < -0.39 is 18.5 Å². The number of amides is 1. The van der Waals surface area contributed by atoms with Gasteiger partial charge in [-0.1, -0.05) is 18.2 Å². The summed E-state index contributed by atoms with van der Waals surface area (Å²) in [4.78, 5) is 25.0. The van der Waals surface area contributed by atoms with Crippen LogP contribution in [0.3, 0.4) is 0 Å². The number of para-hydroxylation sites is 1. The molecule has 1 aromatic heterocycles. The summed E-state index contributed by atoms with van der Waals surface area (Å²) in [6.45, 7) is 4.04. The van der Waals surface area contributed by atoms with E-state index in [9.17, 15) is 14.9 Å². The number of carbonyl (C=O) groups excluding carboxylic acids is 2. The van der Waals surface area contributed by atoms with Crippen LogP contribution in [0, 0.1) is 25.2 Å². The first-order valence-corrected chi connectivity index (χ1v) is 10.0. The Bertz CT molecular complexity index is 1220. The number of benzene rings is 2. The van der Waals surface area contributed by atoms with Crippen molar-refractivity contribution < 1.29 is 23.8 Å². The Hall–Kier alpha value is -4.25. The molecule has 0 saturated heterocycles. The Morgan fingerprint density at radius 2 is 1.81 bits per heavy atom. The fourth-order valence-electron chi connectivity index (χ4n) is 3.51. The number of fused-ring (bicyclic) bond motifs is 1. The maximum Gasteiger partial charge on any atom is 0.338 e. The number of rotatable bonds is 5. The standard InChI is InChI=1S/C24H21N3O5/c1-15-16(2)27(18-6-4-3-5-7-18)23(19(15)13-25)26-22(28)14-32-24(29)17-8-9-20-21(12-17)31-11-10-30-20/h3-9,12H,10-11,14H2,1-2H3,(H,26,28). The number of nitriles is 1. The van der Waals surface area contributed by atoms with Crippen molar-refractivity contribution in [1.29, 1.82) is 5.26 Å². The largest absolute Gasteiger partial charge is 0.486 e. The van der Waals surface area contributed by atoms with Gasteiger partial charge in [-0.15, -0.1) is 0 Å². The summed E-state index contributed by atoms with van der Waals surface area (Å²) >= 11 is 0. The molecular weight excluding hydrogens is 410 g/mol. The molecule has 3 aromatic rings. The third kappa shape index (κ3) is 4.01. The first-order chi connectivity index (χ1) is 15.5. The summed E-state index contributed by atoms with van der Waals surface area (Å²) in [5.41, 5.74) is 3.01. The van der Waals surface area contributed by atoms with E-state index in [-0.39, 0.29) is 5.56 Å². The fourth-order valence-corrected chi connectivity index (χ4v) is 3.51. The number of nitrogens with one attached hydrogen (secondary N) is 1. The van der Waals surface area contributed by atoms with Crippen molar-refractivity contribution in [2.45, 2.75) is 13.8 Å². The van der Waals surface area contributed by atoms with Crippen LogP contribution < -0.4 is 14.8 Å². The van der Waals surface area contributed by atoms with E-state index in [1.165, 1.54) is 6.07 Å². The predicted molar refractivity (Wildman–Crippen MR) is 116 cm³/mol. The second-order valence-electron chi connectivity index (χ2n) is 7.20. The Kier molecular flexibility index (Phi) is 5.81. The summed E-state index contributed by atoms with van der Waals surface area (Å²) in [6.07, 6.45) is 0. The Labute approximate surface area is 184 Å².